The lowest BCUT2D eigenvalue weighted by molar-refractivity contribution is -0.00805. The van der Waals surface area contributed by atoms with Crippen LogP contribution in [0.1, 0.15) is 24.2 Å². The molecule has 1 aliphatic rings. The van der Waals surface area contributed by atoms with Gasteiger partial charge in [-0.15, -0.1) is 0 Å². The number of aryl methyl sites for hydroxylation is 2. The van der Waals surface area contributed by atoms with Crippen molar-refractivity contribution in [2.45, 2.75) is 20.0 Å². The van der Waals surface area contributed by atoms with E-state index < -0.39 is 0 Å². The molecule has 0 radical (unpaired) electrons. The van der Waals surface area contributed by atoms with Crippen LogP contribution < -0.4 is 10.1 Å². The predicted octanol–water partition coefficient (Wildman–Crippen LogP) is 2.15. The largest absolute Gasteiger partial charge is 0.492 e. The Morgan fingerprint density at radius 1 is 1.37 bits per heavy atom. The van der Waals surface area contributed by atoms with E-state index in [9.17, 15) is 0 Å². The van der Waals surface area contributed by atoms with Gasteiger partial charge >= 0.3 is 0 Å². The summed E-state index contributed by atoms with van der Waals surface area (Å²) >= 11 is 0. The molecule has 2 aromatic rings. The third kappa shape index (κ3) is 5.47. The van der Waals surface area contributed by atoms with Gasteiger partial charge in [-0.1, -0.05) is 17.7 Å². The van der Waals surface area contributed by atoms with Crippen LogP contribution in [0.25, 0.3) is 0 Å². The van der Waals surface area contributed by atoms with Crippen LogP contribution in [0, 0.1) is 6.92 Å². The molecular formula is C20H29N5O2. The first kappa shape index (κ1) is 19.2. The smallest absolute Gasteiger partial charge is 0.194 e. The molecule has 0 spiro atoms. The van der Waals surface area contributed by atoms with E-state index in [1.807, 2.05) is 31.6 Å². The zero-order chi connectivity index (χ0) is 19.1. The summed E-state index contributed by atoms with van der Waals surface area (Å²) in [5.74, 6) is 1.78. The summed E-state index contributed by atoms with van der Waals surface area (Å²) in [7, 11) is 1.92. The highest BCUT2D eigenvalue weighted by molar-refractivity contribution is 5.80. The van der Waals surface area contributed by atoms with Crippen LogP contribution in [-0.4, -0.2) is 60.0 Å². The van der Waals surface area contributed by atoms with Gasteiger partial charge in [-0.3, -0.25) is 4.68 Å². The molecule has 7 nitrogen and oxygen atoms in total. The van der Waals surface area contributed by atoms with Crippen LogP contribution in [0.5, 0.6) is 5.75 Å². The van der Waals surface area contributed by atoms with Gasteiger partial charge in [0.2, 0.25) is 0 Å². The van der Waals surface area contributed by atoms with Crippen LogP contribution in [0.15, 0.2) is 41.7 Å². The first-order chi connectivity index (χ1) is 13.2. The normalized spacial score (nSPS) is 17.8. The first-order valence-corrected chi connectivity index (χ1v) is 9.48. The zero-order valence-electron chi connectivity index (χ0n) is 16.4. The van der Waals surface area contributed by atoms with Gasteiger partial charge in [-0.05, 0) is 26.0 Å². The Labute approximate surface area is 161 Å². The minimum atomic E-state index is 0.0140. The summed E-state index contributed by atoms with van der Waals surface area (Å²) < 4.78 is 13.5. The SMILES string of the molecule is CCNC(=NCCOc1ccc(C)cc1)N1CCOC(c2cnn(C)c2)C1. The molecule has 1 atom stereocenters. The molecule has 7 heteroatoms. The molecule has 1 aromatic carbocycles. The third-order valence-corrected chi connectivity index (χ3v) is 4.44. The van der Waals surface area contributed by atoms with E-state index >= 15 is 0 Å². The summed E-state index contributed by atoms with van der Waals surface area (Å²) in [5, 5.41) is 7.63. The average molecular weight is 371 g/mol. The second-order valence-corrected chi connectivity index (χ2v) is 6.65. The number of nitrogens with zero attached hydrogens (tertiary/aromatic N) is 4. The molecule has 1 fully saturated rings. The highest BCUT2D eigenvalue weighted by Crippen LogP contribution is 2.21. The van der Waals surface area contributed by atoms with Crippen LogP contribution in [0.3, 0.4) is 0 Å². The Bertz CT molecular complexity index is 741. The Morgan fingerprint density at radius 3 is 2.89 bits per heavy atom. The average Bonchev–Trinajstić information content (AvgIpc) is 3.12. The van der Waals surface area contributed by atoms with E-state index in [4.69, 9.17) is 14.5 Å². The molecule has 0 aliphatic carbocycles. The van der Waals surface area contributed by atoms with Gasteiger partial charge in [0, 0.05) is 31.9 Å². The predicted molar refractivity (Wildman–Crippen MR) is 106 cm³/mol. The summed E-state index contributed by atoms with van der Waals surface area (Å²) in [5.41, 5.74) is 2.33. The van der Waals surface area contributed by atoms with E-state index in [0.717, 1.165) is 36.9 Å². The number of aromatic nitrogens is 2. The molecule has 27 heavy (non-hydrogen) atoms. The fourth-order valence-electron chi connectivity index (χ4n) is 3.03. The summed E-state index contributed by atoms with van der Waals surface area (Å²) in [4.78, 5) is 6.98. The molecule has 0 bridgehead atoms. The number of guanidine groups is 1. The standard InChI is InChI=1S/C20H29N5O2/c1-4-21-20(22-9-11-26-18-7-5-16(2)6-8-18)25-10-12-27-19(15-25)17-13-23-24(3)14-17/h5-8,13-14,19H,4,9-12,15H2,1-3H3,(H,21,22). The fourth-order valence-corrected chi connectivity index (χ4v) is 3.03. The molecule has 2 heterocycles. The Kier molecular flexibility index (Phi) is 6.70. The van der Waals surface area contributed by atoms with Crippen LogP contribution >= 0.6 is 0 Å². The zero-order valence-corrected chi connectivity index (χ0v) is 16.4. The van der Waals surface area contributed by atoms with E-state index in [1.165, 1.54) is 5.56 Å². The molecule has 0 amide bonds. The van der Waals surface area contributed by atoms with E-state index in [1.54, 1.807) is 4.68 Å². The minimum absolute atomic E-state index is 0.0140. The molecule has 1 aliphatic heterocycles. The maximum absolute atomic E-state index is 5.93. The number of hydrogen-bond acceptors (Lipinski definition) is 4. The molecule has 3 rings (SSSR count). The highest BCUT2D eigenvalue weighted by atomic mass is 16.5. The lowest BCUT2D eigenvalue weighted by Gasteiger charge is -2.34. The van der Waals surface area contributed by atoms with Gasteiger partial charge in [0.15, 0.2) is 5.96 Å². The van der Waals surface area contributed by atoms with Gasteiger partial charge in [0.1, 0.15) is 18.5 Å². The molecule has 0 saturated carbocycles. The van der Waals surface area contributed by atoms with E-state index in [-0.39, 0.29) is 6.10 Å². The van der Waals surface area contributed by atoms with Crippen molar-refractivity contribution in [3.8, 4) is 5.75 Å². The fraction of sp³-hybridized carbons (Fsp3) is 0.500. The molecule has 1 N–H and O–H groups in total. The summed E-state index contributed by atoms with van der Waals surface area (Å²) in [6.45, 7) is 8.38. The van der Waals surface area contributed by atoms with E-state index in [0.29, 0.717) is 19.8 Å². The molecule has 1 saturated heterocycles. The molecular weight excluding hydrogens is 342 g/mol. The lowest BCUT2D eigenvalue weighted by Crippen LogP contribution is -2.48. The van der Waals surface area contributed by atoms with Gasteiger partial charge in [-0.25, -0.2) is 4.99 Å². The number of rotatable bonds is 6. The Morgan fingerprint density at radius 2 is 2.19 bits per heavy atom. The van der Waals surface area contributed by atoms with Crippen molar-refractivity contribution in [2.24, 2.45) is 12.0 Å². The van der Waals surface area contributed by atoms with Crippen molar-refractivity contribution in [1.29, 1.82) is 0 Å². The second kappa shape index (κ2) is 9.41. The second-order valence-electron chi connectivity index (χ2n) is 6.65. The quantitative estimate of drug-likeness (QED) is 0.479. The number of ether oxygens (including phenoxy) is 2. The van der Waals surface area contributed by atoms with Gasteiger partial charge in [0.05, 0.1) is 25.9 Å². The van der Waals surface area contributed by atoms with E-state index in [2.05, 4.69) is 41.3 Å². The number of nitrogens with one attached hydrogen (secondary N) is 1. The monoisotopic (exact) mass is 371 g/mol. The first-order valence-electron chi connectivity index (χ1n) is 9.48. The van der Waals surface area contributed by atoms with Crippen LogP contribution in [0.2, 0.25) is 0 Å². The molecule has 1 unspecified atom stereocenters. The van der Waals surface area contributed by atoms with Crippen molar-refractivity contribution in [1.82, 2.24) is 20.0 Å². The van der Waals surface area contributed by atoms with Crippen LogP contribution in [-0.2, 0) is 11.8 Å². The Hall–Kier alpha value is -2.54. The summed E-state index contributed by atoms with van der Waals surface area (Å²) in [6.07, 6.45) is 3.89. The topological polar surface area (TPSA) is 63.9 Å². The van der Waals surface area contributed by atoms with Crippen molar-refractivity contribution in [3.05, 3.63) is 47.8 Å². The molecule has 1 aromatic heterocycles. The van der Waals surface area contributed by atoms with Crippen molar-refractivity contribution >= 4 is 5.96 Å². The van der Waals surface area contributed by atoms with Gasteiger partial charge < -0.3 is 19.7 Å². The third-order valence-electron chi connectivity index (χ3n) is 4.44. The van der Waals surface area contributed by atoms with Crippen molar-refractivity contribution in [2.75, 3.05) is 39.4 Å². The number of benzene rings is 1. The van der Waals surface area contributed by atoms with Crippen LogP contribution in [0.4, 0.5) is 0 Å². The van der Waals surface area contributed by atoms with Crippen molar-refractivity contribution < 1.29 is 9.47 Å². The van der Waals surface area contributed by atoms with Crippen molar-refractivity contribution in [3.63, 3.8) is 0 Å². The maximum Gasteiger partial charge on any atom is 0.194 e. The van der Waals surface area contributed by atoms with Gasteiger partial charge in [0.25, 0.3) is 0 Å². The minimum Gasteiger partial charge on any atom is -0.492 e. The lowest BCUT2D eigenvalue weighted by atomic mass is 10.1. The molecule has 146 valence electrons. The Balaban J connectivity index is 1.56. The number of hydrogen-bond donors (Lipinski definition) is 1. The number of morpholine rings is 1. The van der Waals surface area contributed by atoms with Gasteiger partial charge in [-0.2, -0.15) is 5.10 Å². The maximum atomic E-state index is 5.93. The number of aliphatic imine (C=N–C) groups is 1. The summed E-state index contributed by atoms with van der Waals surface area (Å²) in [6, 6.07) is 8.08. The highest BCUT2D eigenvalue weighted by Gasteiger charge is 2.25.